The maximum atomic E-state index is 13.0. The first-order valence-electron chi connectivity index (χ1n) is 7.77. The summed E-state index contributed by atoms with van der Waals surface area (Å²) in [4.78, 5) is 13.0. The molecule has 2 aromatic carbocycles. The molecule has 25 heavy (non-hydrogen) atoms. The topological polar surface area (TPSA) is 63.2 Å². The highest BCUT2D eigenvalue weighted by atomic mass is 16.5. The Kier molecular flexibility index (Phi) is 4.70. The predicted octanol–water partition coefficient (Wildman–Crippen LogP) is 3.08. The smallest absolute Gasteiger partial charge is 0.203 e. The fourth-order valence-electron chi connectivity index (χ4n) is 2.94. The number of benzene rings is 2. The van der Waals surface area contributed by atoms with Gasteiger partial charge >= 0.3 is 0 Å². The van der Waals surface area contributed by atoms with Crippen LogP contribution in [0, 0.1) is 0 Å². The Morgan fingerprint density at radius 1 is 0.920 bits per heavy atom. The maximum Gasteiger partial charge on any atom is 0.203 e. The van der Waals surface area contributed by atoms with Crippen LogP contribution in [0.5, 0.6) is 28.7 Å². The lowest BCUT2D eigenvalue weighted by Gasteiger charge is -2.25. The average molecular weight is 344 g/mol. The van der Waals surface area contributed by atoms with Gasteiger partial charge in [0, 0.05) is 0 Å². The molecule has 0 amide bonds. The summed E-state index contributed by atoms with van der Waals surface area (Å²) in [6, 6.07) is 8.77. The van der Waals surface area contributed by atoms with E-state index in [-0.39, 0.29) is 12.4 Å². The van der Waals surface area contributed by atoms with E-state index in [2.05, 4.69) is 0 Å². The molecule has 0 aromatic heterocycles. The Balaban J connectivity index is 2.04. The highest BCUT2D eigenvalue weighted by molar-refractivity contribution is 6.04. The second-order valence-corrected chi connectivity index (χ2v) is 5.55. The quantitative estimate of drug-likeness (QED) is 0.831. The van der Waals surface area contributed by atoms with Crippen molar-refractivity contribution in [3.63, 3.8) is 0 Å². The van der Waals surface area contributed by atoms with E-state index >= 15 is 0 Å². The molecule has 1 atom stereocenters. The van der Waals surface area contributed by atoms with E-state index in [1.54, 1.807) is 51.7 Å². The van der Waals surface area contributed by atoms with Gasteiger partial charge in [-0.25, -0.2) is 0 Å². The average Bonchev–Trinajstić information content (AvgIpc) is 2.66. The minimum Gasteiger partial charge on any atom is -0.497 e. The highest BCUT2D eigenvalue weighted by Gasteiger charge is 2.32. The van der Waals surface area contributed by atoms with E-state index in [0.29, 0.717) is 34.3 Å². The van der Waals surface area contributed by atoms with Gasteiger partial charge < -0.3 is 23.7 Å². The van der Waals surface area contributed by atoms with Crippen molar-refractivity contribution in [1.29, 1.82) is 0 Å². The molecular formula is C19H20O6. The third-order valence-corrected chi connectivity index (χ3v) is 4.26. The summed E-state index contributed by atoms with van der Waals surface area (Å²) >= 11 is 0. The Labute approximate surface area is 146 Å². The third kappa shape index (κ3) is 2.95. The van der Waals surface area contributed by atoms with Crippen LogP contribution in [-0.4, -0.2) is 40.8 Å². The number of ether oxygens (including phenoxy) is 5. The van der Waals surface area contributed by atoms with Gasteiger partial charge in [0.2, 0.25) is 5.75 Å². The van der Waals surface area contributed by atoms with Crippen molar-refractivity contribution < 1.29 is 28.5 Å². The third-order valence-electron chi connectivity index (χ3n) is 4.26. The fourth-order valence-corrected chi connectivity index (χ4v) is 2.94. The van der Waals surface area contributed by atoms with Crippen LogP contribution >= 0.6 is 0 Å². The summed E-state index contributed by atoms with van der Waals surface area (Å²) in [5, 5.41) is 0. The molecule has 1 aliphatic rings. The van der Waals surface area contributed by atoms with Gasteiger partial charge in [0.25, 0.3) is 0 Å². The van der Waals surface area contributed by atoms with Crippen LogP contribution < -0.4 is 23.7 Å². The van der Waals surface area contributed by atoms with E-state index in [1.165, 1.54) is 7.11 Å². The van der Waals surface area contributed by atoms with Crippen molar-refractivity contribution in [1.82, 2.24) is 0 Å². The van der Waals surface area contributed by atoms with E-state index in [9.17, 15) is 4.79 Å². The normalized spacial score (nSPS) is 15.8. The molecule has 2 aromatic rings. The van der Waals surface area contributed by atoms with Gasteiger partial charge in [0.15, 0.2) is 17.3 Å². The lowest BCUT2D eigenvalue weighted by Crippen LogP contribution is -2.26. The minimum atomic E-state index is -0.465. The van der Waals surface area contributed by atoms with E-state index in [0.717, 1.165) is 5.56 Å². The van der Waals surface area contributed by atoms with Gasteiger partial charge in [-0.15, -0.1) is 0 Å². The van der Waals surface area contributed by atoms with Crippen LogP contribution in [0.2, 0.25) is 0 Å². The van der Waals surface area contributed by atoms with Crippen molar-refractivity contribution in [3.05, 3.63) is 41.5 Å². The molecule has 1 aliphatic heterocycles. The van der Waals surface area contributed by atoms with Crippen LogP contribution in [0.15, 0.2) is 30.3 Å². The van der Waals surface area contributed by atoms with Crippen molar-refractivity contribution in [2.45, 2.75) is 5.92 Å². The number of Topliss-reactive ketones (excluding diaryl/α,β-unsaturated/α-hetero) is 1. The molecule has 3 rings (SSSR count). The SMILES string of the molecule is COc1ccc2c(c1)C(=O)[C@@H](c1cc(OC)c(OC)c(OC)c1)CO2. The predicted molar refractivity (Wildman–Crippen MR) is 91.7 cm³/mol. The number of ketones is 1. The molecule has 0 fully saturated rings. The van der Waals surface area contributed by atoms with Crippen LogP contribution in [0.4, 0.5) is 0 Å². The van der Waals surface area contributed by atoms with Gasteiger partial charge in [-0.1, -0.05) is 0 Å². The summed E-state index contributed by atoms with van der Waals surface area (Å²) in [5.74, 6) is 2.17. The van der Waals surface area contributed by atoms with Gasteiger partial charge in [-0.3, -0.25) is 4.79 Å². The first kappa shape index (κ1) is 17.0. The van der Waals surface area contributed by atoms with Crippen molar-refractivity contribution in [2.75, 3.05) is 35.0 Å². The highest BCUT2D eigenvalue weighted by Crippen LogP contribution is 2.42. The molecule has 6 heteroatoms. The maximum absolute atomic E-state index is 13.0. The fraction of sp³-hybridized carbons (Fsp3) is 0.316. The molecule has 0 spiro atoms. The molecule has 0 saturated carbocycles. The lowest BCUT2D eigenvalue weighted by atomic mass is 9.88. The summed E-state index contributed by atoms with van der Waals surface area (Å²) < 4.78 is 27.1. The lowest BCUT2D eigenvalue weighted by molar-refractivity contribution is 0.0895. The molecule has 0 bridgehead atoms. The number of carbonyl (C=O) groups excluding carboxylic acids is 1. The number of methoxy groups -OCH3 is 4. The number of hydrogen-bond donors (Lipinski definition) is 0. The largest absolute Gasteiger partial charge is 0.497 e. The molecule has 0 unspecified atom stereocenters. The number of carbonyl (C=O) groups is 1. The molecule has 0 saturated heterocycles. The Bertz CT molecular complexity index is 773. The molecule has 0 aliphatic carbocycles. The molecule has 0 radical (unpaired) electrons. The number of fused-ring (bicyclic) bond motifs is 1. The summed E-state index contributed by atoms with van der Waals surface area (Å²) in [6.45, 7) is 0.247. The summed E-state index contributed by atoms with van der Waals surface area (Å²) in [7, 11) is 6.19. The van der Waals surface area contributed by atoms with Crippen molar-refractivity contribution >= 4 is 5.78 Å². The van der Waals surface area contributed by atoms with Gasteiger partial charge in [0.1, 0.15) is 18.1 Å². The zero-order valence-electron chi connectivity index (χ0n) is 14.6. The zero-order valence-corrected chi connectivity index (χ0v) is 14.6. The van der Waals surface area contributed by atoms with Crippen LogP contribution in [-0.2, 0) is 0 Å². The zero-order chi connectivity index (χ0) is 18.0. The minimum absolute atomic E-state index is 0.0329. The molecule has 0 N–H and O–H groups in total. The second kappa shape index (κ2) is 6.93. The van der Waals surface area contributed by atoms with Gasteiger partial charge in [-0.05, 0) is 35.9 Å². The monoisotopic (exact) mass is 344 g/mol. The standard InChI is InChI=1S/C19H20O6/c1-21-12-5-6-15-13(9-12)18(20)14(10-25-15)11-7-16(22-2)19(24-4)17(8-11)23-3/h5-9,14H,10H2,1-4H3/t14-/m1/s1. The van der Waals surface area contributed by atoms with Crippen LogP contribution in [0.3, 0.4) is 0 Å². The first-order valence-corrected chi connectivity index (χ1v) is 7.77. The molecule has 1 heterocycles. The van der Waals surface area contributed by atoms with E-state index < -0.39 is 5.92 Å². The first-order chi connectivity index (χ1) is 12.1. The Morgan fingerprint density at radius 2 is 1.60 bits per heavy atom. The molecule has 132 valence electrons. The Hall–Kier alpha value is -2.89. The number of hydrogen-bond acceptors (Lipinski definition) is 6. The molecule has 6 nitrogen and oxygen atoms in total. The van der Waals surface area contributed by atoms with Gasteiger partial charge in [-0.2, -0.15) is 0 Å². The van der Waals surface area contributed by atoms with E-state index in [4.69, 9.17) is 23.7 Å². The number of rotatable bonds is 5. The van der Waals surface area contributed by atoms with Gasteiger partial charge in [0.05, 0.1) is 39.9 Å². The Morgan fingerprint density at radius 3 is 2.16 bits per heavy atom. The van der Waals surface area contributed by atoms with Crippen molar-refractivity contribution in [2.24, 2.45) is 0 Å². The van der Waals surface area contributed by atoms with E-state index in [1.807, 2.05) is 0 Å². The summed E-state index contributed by atoms with van der Waals surface area (Å²) in [6.07, 6.45) is 0. The van der Waals surface area contributed by atoms with Crippen LogP contribution in [0.1, 0.15) is 21.8 Å². The molecular weight excluding hydrogens is 324 g/mol. The van der Waals surface area contributed by atoms with Crippen molar-refractivity contribution in [3.8, 4) is 28.7 Å². The van der Waals surface area contributed by atoms with Crippen LogP contribution in [0.25, 0.3) is 0 Å². The summed E-state index contributed by atoms with van der Waals surface area (Å²) in [5.41, 5.74) is 1.25. The second-order valence-electron chi connectivity index (χ2n) is 5.55.